The van der Waals surface area contributed by atoms with E-state index < -0.39 is 0 Å². The highest BCUT2D eigenvalue weighted by molar-refractivity contribution is 5.02. The molecule has 2 saturated carbocycles. The number of methoxy groups -OCH3 is 1. The molecule has 0 radical (unpaired) electrons. The van der Waals surface area contributed by atoms with Crippen LogP contribution < -0.4 is 0 Å². The highest BCUT2D eigenvalue weighted by atomic mass is 16.5. The monoisotopic (exact) mass is 264 g/mol. The molecule has 4 nitrogen and oxygen atoms in total. The molecule has 0 amide bonds. The summed E-state index contributed by atoms with van der Waals surface area (Å²) in [7, 11) is 1.73. The van der Waals surface area contributed by atoms with E-state index in [9.17, 15) is 0 Å². The molecule has 3 rings (SSSR count). The molecule has 106 valence electrons. The van der Waals surface area contributed by atoms with Crippen LogP contribution in [0.5, 0.6) is 0 Å². The molecule has 2 aliphatic carbocycles. The molecule has 2 fully saturated rings. The maximum Gasteiger partial charge on any atom is 0.256 e. The van der Waals surface area contributed by atoms with Crippen molar-refractivity contribution >= 4 is 0 Å². The Kier molecular flexibility index (Phi) is 3.37. The van der Waals surface area contributed by atoms with Gasteiger partial charge in [0, 0.05) is 13.0 Å². The van der Waals surface area contributed by atoms with Crippen LogP contribution in [0.25, 0.3) is 0 Å². The Morgan fingerprint density at radius 1 is 1.21 bits per heavy atom. The molecule has 1 unspecified atom stereocenters. The molecule has 0 aromatic carbocycles. The zero-order valence-electron chi connectivity index (χ0n) is 12.2. The van der Waals surface area contributed by atoms with E-state index in [1.54, 1.807) is 7.11 Å². The summed E-state index contributed by atoms with van der Waals surface area (Å²) in [6, 6.07) is 0. The Hall–Kier alpha value is -0.900. The minimum atomic E-state index is 0.0151. The molecule has 1 aromatic heterocycles. The fourth-order valence-corrected chi connectivity index (χ4v) is 3.08. The average molecular weight is 264 g/mol. The van der Waals surface area contributed by atoms with Crippen LogP contribution in [-0.2, 0) is 4.74 Å². The molecule has 0 saturated heterocycles. The van der Waals surface area contributed by atoms with E-state index >= 15 is 0 Å². The summed E-state index contributed by atoms with van der Waals surface area (Å²) >= 11 is 0. The minimum Gasteiger partial charge on any atom is -0.371 e. The third kappa shape index (κ3) is 2.83. The molecule has 0 N–H and O–H groups in total. The van der Waals surface area contributed by atoms with E-state index in [0.29, 0.717) is 23.1 Å². The minimum absolute atomic E-state index is 0.0151. The zero-order chi connectivity index (χ0) is 13.5. The predicted octanol–water partition coefficient (Wildman–Crippen LogP) is 3.85. The van der Waals surface area contributed by atoms with Gasteiger partial charge in [-0.2, -0.15) is 4.98 Å². The van der Waals surface area contributed by atoms with Crippen molar-refractivity contribution in [2.45, 2.75) is 64.4 Å². The van der Waals surface area contributed by atoms with Crippen molar-refractivity contribution < 1.29 is 9.26 Å². The van der Waals surface area contributed by atoms with Gasteiger partial charge < -0.3 is 9.26 Å². The van der Waals surface area contributed by atoms with Crippen molar-refractivity contribution in [3.05, 3.63) is 11.7 Å². The molecular formula is C15H24N2O2. The molecule has 19 heavy (non-hydrogen) atoms. The Balaban J connectivity index is 1.67. The first-order valence-corrected chi connectivity index (χ1v) is 7.45. The number of rotatable bonds is 4. The fraction of sp³-hybridized carbons (Fsp3) is 0.867. The number of ether oxygens (including phenoxy) is 1. The summed E-state index contributed by atoms with van der Waals surface area (Å²) in [5.74, 6) is 2.64. The van der Waals surface area contributed by atoms with Gasteiger partial charge in [0.05, 0.1) is 0 Å². The van der Waals surface area contributed by atoms with Crippen LogP contribution in [0.4, 0.5) is 0 Å². The number of nitrogens with zero attached hydrogens (tertiary/aromatic N) is 2. The largest absolute Gasteiger partial charge is 0.371 e. The van der Waals surface area contributed by atoms with E-state index in [0.717, 1.165) is 5.82 Å². The lowest BCUT2D eigenvalue weighted by atomic mass is 9.73. The lowest BCUT2D eigenvalue weighted by Gasteiger charge is -2.32. The highest BCUT2D eigenvalue weighted by Gasteiger charge is 2.37. The lowest BCUT2D eigenvalue weighted by Crippen LogP contribution is -2.20. The molecule has 1 atom stereocenters. The lowest BCUT2D eigenvalue weighted by molar-refractivity contribution is 0.0561. The summed E-state index contributed by atoms with van der Waals surface area (Å²) in [6.07, 6.45) is 7.29. The van der Waals surface area contributed by atoms with Gasteiger partial charge in [0.1, 0.15) is 6.10 Å². The number of aromatic nitrogens is 2. The molecule has 0 aliphatic heterocycles. The van der Waals surface area contributed by atoms with Gasteiger partial charge in [-0.15, -0.1) is 0 Å². The average Bonchev–Trinajstić information content (AvgIpc) is 3.09. The normalized spacial score (nSPS) is 25.4. The standard InChI is InChI=1S/C15H24N2O2/c1-15(2)8-6-11(7-9-15)13-16-14(19-17-13)12(18-3)10-4-5-10/h10-12H,4-9H2,1-3H3. The van der Waals surface area contributed by atoms with Gasteiger partial charge in [0.25, 0.3) is 5.89 Å². The second kappa shape index (κ2) is 4.89. The quantitative estimate of drug-likeness (QED) is 0.828. The molecule has 2 aliphatic rings. The van der Waals surface area contributed by atoms with E-state index in [-0.39, 0.29) is 6.10 Å². The van der Waals surface area contributed by atoms with Crippen LogP contribution in [-0.4, -0.2) is 17.3 Å². The number of hydrogen-bond donors (Lipinski definition) is 0. The van der Waals surface area contributed by atoms with Crippen LogP contribution in [0.2, 0.25) is 0 Å². The van der Waals surface area contributed by atoms with Gasteiger partial charge in [0.2, 0.25) is 0 Å². The molecule has 1 heterocycles. The highest BCUT2D eigenvalue weighted by Crippen LogP contribution is 2.44. The first-order chi connectivity index (χ1) is 9.09. The van der Waals surface area contributed by atoms with Gasteiger partial charge in [-0.25, -0.2) is 0 Å². The first-order valence-electron chi connectivity index (χ1n) is 7.45. The van der Waals surface area contributed by atoms with Gasteiger partial charge in [-0.3, -0.25) is 0 Å². The Morgan fingerprint density at radius 3 is 2.47 bits per heavy atom. The van der Waals surface area contributed by atoms with E-state index in [1.807, 2.05) is 0 Å². The molecule has 0 spiro atoms. The molecular weight excluding hydrogens is 240 g/mol. The van der Waals surface area contributed by atoms with E-state index in [2.05, 4.69) is 24.0 Å². The zero-order valence-corrected chi connectivity index (χ0v) is 12.2. The second-order valence-electron chi connectivity index (χ2n) is 6.92. The van der Waals surface area contributed by atoms with Gasteiger partial charge in [-0.1, -0.05) is 19.0 Å². The molecule has 0 bridgehead atoms. The topological polar surface area (TPSA) is 48.2 Å². The van der Waals surface area contributed by atoms with Crippen molar-refractivity contribution in [3.63, 3.8) is 0 Å². The summed E-state index contributed by atoms with van der Waals surface area (Å²) < 4.78 is 10.9. The van der Waals surface area contributed by atoms with E-state index in [1.165, 1.54) is 38.5 Å². The van der Waals surface area contributed by atoms with Crippen LogP contribution in [0, 0.1) is 11.3 Å². The summed E-state index contributed by atoms with van der Waals surface area (Å²) in [6.45, 7) is 4.69. The SMILES string of the molecule is COC(c1nc(C2CCC(C)(C)CC2)no1)C1CC1. The smallest absolute Gasteiger partial charge is 0.256 e. The third-order valence-electron chi connectivity index (χ3n) is 4.71. The van der Waals surface area contributed by atoms with Crippen LogP contribution in [0.1, 0.15) is 76.1 Å². The van der Waals surface area contributed by atoms with Crippen molar-refractivity contribution in [2.75, 3.05) is 7.11 Å². The maximum absolute atomic E-state index is 5.50. The summed E-state index contributed by atoms with van der Waals surface area (Å²) in [5.41, 5.74) is 0.478. The molecule has 4 heteroatoms. The van der Waals surface area contributed by atoms with Crippen LogP contribution in [0.15, 0.2) is 4.52 Å². The Morgan fingerprint density at radius 2 is 1.89 bits per heavy atom. The summed E-state index contributed by atoms with van der Waals surface area (Å²) in [4.78, 5) is 4.61. The van der Waals surface area contributed by atoms with Gasteiger partial charge in [0.15, 0.2) is 5.82 Å². The summed E-state index contributed by atoms with van der Waals surface area (Å²) in [5, 5.41) is 4.20. The Labute approximate surface area is 114 Å². The first kappa shape index (κ1) is 13.1. The maximum atomic E-state index is 5.50. The van der Waals surface area contributed by atoms with Crippen molar-refractivity contribution in [3.8, 4) is 0 Å². The van der Waals surface area contributed by atoms with Crippen molar-refractivity contribution in [2.24, 2.45) is 11.3 Å². The Bertz CT molecular complexity index is 427. The van der Waals surface area contributed by atoms with E-state index in [4.69, 9.17) is 9.26 Å². The van der Waals surface area contributed by atoms with Crippen molar-refractivity contribution in [1.29, 1.82) is 0 Å². The van der Waals surface area contributed by atoms with Crippen molar-refractivity contribution in [1.82, 2.24) is 10.1 Å². The predicted molar refractivity (Wildman–Crippen MR) is 71.8 cm³/mol. The second-order valence-corrected chi connectivity index (χ2v) is 6.92. The fourth-order valence-electron chi connectivity index (χ4n) is 3.08. The van der Waals surface area contributed by atoms with Crippen LogP contribution in [0.3, 0.4) is 0 Å². The molecule has 1 aromatic rings. The van der Waals surface area contributed by atoms with Gasteiger partial charge in [-0.05, 0) is 49.9 Å². The third-order valence-corrected chi connectivity index (χ3v) is 4.71. The van der Waals surface area contributed by atoms with Gasteiger partial charge >= 0.3 is 0 Å². The number of hydrogen-bond acceptors (Lipinski definition) is 4. The van der Waals surface area contributed by atoms with Crippen LogP contribution >= 0.6 is 0 Å².